The zero-order valence-electron chi connectivity index (χ0n) is 16.6. The van der Waals surface area contributed by atoms with Gasteiger partial charge in [-0.1, -0.05) is 42.5 Å². The van der Waals surface area contributed by atoms with E-state index in [-0.39, 0.29) is 5.91 Å². The second kappa shape index (κ2) is 8.08. The van der Waals surface area contributed by atoms with Crippen LogP contribution in [0.4, 0.5) is 0 Å². The SMILES string of the molecule is O=C(c1ncoc1-c1ccc2ccccc2c1)N1CCN(Cc2ccccn2)CC1. The molecule has 6 nitrogen and oxygen atoms in total. The summed E-state index contributed by atoms with van der Waals surface area (Å²) in [5.41, 5.74) is 2.29. The summed E-state index contributed by atoms with van der Waals surface area (Å²) in [6.45, 7) is 3.75. The molecule has 0 atom stereocenters. The van der Waals surface area contributed by atoms with E-state index in [1.807, 2.05) is 59.6 Å². The molecule has 6 heteroatoms. The Morgan fingerprint density at radius 2 is 1.70 bits per heavy atom. The Labute approximate surface area is 174 Å². The van der Waals surface area contributed by atoms with Gasteiger partial charge >= 0.3 is 0 Å². The molecule has 1 aliphatic heterocycles. The van der Waals surface area contributed by atoms with Crippen LogP contribution in [0.1, 0.15) is 16.2 Å². The highest BCUT2D eigenvalue weighted by molar-refractivity contribution is 5.98. The standard InChI is InChI=1S/C24H22N4O2/c29-24(28-13-11-27(12-14-28)16-21-7-3-4-10-25-21)22-23(30-17-26-22)20-9-8-18-5-1-2-6-19(18)15-20/h1-10,15,17H,11-14,16H2. The van der Waals surface area contributed by atoms with Crippen molar-refractivity contribution in [2.24, 2.45) is 0 Å². The first-order valence-corrected chi connectivity index (χ1v) is 10.1. The number of carbonyl (C=O) groups excluding carboxylic acids is 1. The molecule has 1 fully saturated rings. The van der Waals surface area contributed by atoms with Gasteiger partial charge in [-0.3, -0.25) is 14.7 Å². The van der Waals surface area contributed by atoms with Crippen LogP contribution in [0.5, 0.6) is 0 Å². The van der Waals surface area contributed by atoms with E-state index in [1.165, 1.54) is 6.39 Å². The van der Waals surface area contributed by atoms with Gasteiger partial charge in [0.1, 0.15) is 0 Å². The summed E-state index contributed by atoms with van der Waals surface area (Å²) in [5, 5.41) is 2.26. The lowest BCUT2D eigenvalue weighted by atomic mass is 10.0. The molecule has 3 heterocycles. The zero-order valence-corrected chi connectivity index (χ0v) is 16.6. The first kappa shape index (κ1) is 18.5. The van der Waals surface area contributed by atoms with E-state index >= 15 is 0 Å². The molecule has 0 unspecified atom stereocenters. The summed E-state index contributed by atoms with van der Waals surface area (Å²) >= 11 is 0. The number of piperazine rings is 1. The molecule has 150 valence electrons. The Balaban J connectivity index is 1.30. The number of fused-ring (bicyclic) bond motifs is 1. The minimum atomic E-state index is -0.0793. The van der Waals surface area contributed by atoms with E-state index in [9.17, 15) is 4.79 Å². The van der Waals surface area contributed by atoms with Gasteiger partial charge in [-0.25, -0.2) is 4.98 Å². The van der Waals surface area contributed by atoms with Crippen molar-refractivity contribution in [1.29, 1.82) is 0 Å². The van der Waals surface area contributed by atoms with Gasteiger partial charge in [-0.2, -0.15) is 0 Å². The van der Waals surface area contributed by atoms with E-state index in [2.05, 4.69) is 27.0 Å². The van der Waals surface area contributed by atoms with Gasteiger partial charge < -0.3 is 9.32 Å². The van der Waals surface area contributed by atoms with Crippen LogP contribution < -0.4 is 0 Å². The summed E-state index contributed by atoms with van der Waals surface area (Å²) in [7, 11) is 0. The van der Waals surface area contributed by atoms with E-state index in [0.717, 1.165) is 41.7 Å². The van der Waals surface area contributed by atoms with Crippen molar-refractivity contribution in [2.75, 3.05) is 26.2 Å². The van der Waals surface area contributed by atoms with Crippen molar-refractivity contribution in [3.63, 3.8) is 0 Å². The van der Waals surface area contributed by atoms with Gasteiger partial charge in [0, 0.05) is 44.5 Å². The predicted molar refractivity (Wildman–Crippen MR) is 115 cm³/mol. The normalized spacial score (nSPS) is 14.9. The summed E-state index contributed by atoms with van der Waals surface area (Å²) in [5.74, 6) is 0.450. The summed E-state index contributed by atoms with van der Waals surface area (Å²) < 4.78 is 5.63. The second-order valence-corrected chi connectivity index (χ2v) is 7.48. The van der Waals surface area contributed by atoms with E-state index < -0.39 is 0 Å². The fourth-order valence-corrected chi connectivity index (χ4v) is 3.91. The number of aromatic nitrogens is 2. The number of nitrogens with zero attached hydrogens (tertiary/aromatic N) is 4. The first-order valence-electron chi connectivity index (χ1n) is 10.1. The van der Waals surface area contributed by atoms with Gasteiger partial charge in [0.05, 0.1) is 5.69 Å². The number of pyridine rings is 1. The average Bonchev–Trinajstić information content (AvgIpc) is 3.29. The van der Waals surface area contributed by atoms with Crippen molar-refractivity contribution >= 4 is 16.7 Å². The summed E-state index contributed by atoms with van der Waals surface area (Å²) in [4.78, 5) is 26.0. The molecule has 0 spiro atoms. The van der Waals surface area contributed by atoms with Crippen LogP contribution in [0, 0.1) is 0 Å². The Bertz CT molecular complexity index is 1160. The highest BCUT2D eigenvalue weighted by atomic mass is 16.3. The molecule has 5 rings (SSSR count). The number of rotatable bonds is 4. The topological polar surface area (TPSA) is 62.5 Å². The number of carbonyl (C=O) groups is 1. The van der Waals surface area contributed by atoms with Crippen molar-refractivity contribution in [1.82, 2.24) is 19.8 Å². The zero-order chi connectivity index (χ0) is 20.3. The largest absolute Gasteiger partial charge is 0.443 e. The van der Waals surface area contributed by atoms with E-state index in [4.69, 9.17) is 4.42 Å². The highest BCUT2D eigenvalue weighted by Crippen LogP contribution is 2.28. The van der Waals surface area contributed by atoms with Crippen LogP contribution in [-0.2, 0) is 6.54 Å². The van der Waals surface area contributed by atoms with Gasteiger partial charge in [-0.05, 0) is 29.0 Å². The maximum Gasteiger partial charge on any atom is 0.276 e. The third-order valence-electron chi connectivity index (χ3n) is 5.55. The summed E-state index contributed by atoms with van der Waals surface area (Å²) in [6, 6.07) is 20.1. The molecule has 0 radical (unpaired) electrons. The number of hydrogen-bond donors (Lipinski definition) is 0. The van der Waals surface area contributed by atoms with Crippen LogP contribution in [0.15, 0.2) is 77.7 Å². The molecule has 0 N–H and O–H groups in total. The van der Waals surface area contributed by atoms with E-state index in [1.54, 1.807) is 0 Å². The first-order chi connectivity index (χ1) is 14.8. The Kier molecular flexibility index (Phi) is 4.99. The molecule has 30 heavy (non-hydrogen) atoms. The monoisotopic (exact) mass is 398 g/mol. The van der Waals surface area contributed by atoms with Crippen LogP contribution in [-0.4, -0.2) is 51.9 Å². The number of oxazole rings is 1. The van der Waals surface area contributed by atoms with Crippen LogP contribution >= 0.6 is 0 Å². The quantitative estimate of drug-likeness (QED) is 0.523. The lowest BCUT2D eigenvalue weighted by Gasteiger charge is -2.34. The van der Waals surface area contributed by atoms with Crippen LogP contribution in [0.25, 0.3) is 22.1 Å². The maximum atomic E-state index is 13.2. The minimum Gasteiger partial charge on any atom is -0.443 e. The highest BCUT2D eigenvalue weighted by Gasteiger charge is 2.27. The van der Waals surface area contributed by atoms with Crippen molar-refractivity contribution in [3.8, 4) is 11.3 Å². The predicted octanol–water partition coefficient (Wildman–Crippen LogP) is 3.85. The molecule has 2 aromatic carbocycles. The third kappa shape index (κ3) is 3.69. The lowest BCUT2D eigenvalue weighted by molar-refractivity contribution is 0.0622. The molecule has 1 amide bonds. The Hall–Kier alpha value is -3.51. The molecule has 1 saturated heterocycles. The maximum absolute atomic E-state index is 13.2. The molecule has 1 aliphatic rings. The molecule has 0 bridgehead atoms. The van der Waals surface area contributed by atoms with Gasteiger partial charge in [0.15, 0.2) is 17.8 Å². The second-order valence-electron chi connectivity index (χ2n) is 7.48. The average molecular weight is 398 g/mol. The third-order valence-corrected chi connectivity index (χ3v) is 5.55. The molecule has 0 aliphatic carbocycles. The molecule has 4 aromatic rings. The van der Waals surface area contributed by atoms with Gasteiger partial charge in [-0.15, -0.1) is 0 Å². The molecular weight excluding hydrogens is 376 g/mol. The molecule has 0 saturated carbocycles. The lowest BCUT2D eigenvalue weighted by Crippen LogP contribution is -2.48. The fraction of sp³-hybridized carbons (Fsp3) is 0.208. The summed E-state index contributed by atoms with van der Waals surface area (Å²) in [6.07, 6.45) is 3.17. The Morgan fingerprint density at radius 1 is 0.900 bits per heavy atom. The van der Waals surface area contributed by atoms with Gasteiger partial charge in [0.25, 0.3) is 5.91 Å². The molecular formula is C24H22N4O2. The van der Waals surface area contributed by atoms with Crippen LogP contribution in [0.2, 0.25) is 0 Å². The van der Waals surface area contributed by atoms with Crippen molar-refractivity contribution in [2.45, 2.75) is 6.54 Å². The number of benzene rings is 2. The van der Waals surface area contributed by atoms with Crippen LogP contribution in [0.3, 0.4) is 0 Å². The van der Waals surface area contributed by atoms with Gasteiger partial charge in [0.2, 0.25) is 0 Å². The number of amides is 1. The van der Waals surface area contributed by atoms with E-state index in [0.29, 0.717) is 24.5 Å². The van der Waals surface area contributed by atoms with Crippen molar-refractivity contribution < 1.29 is 9.21 Å². The molecule has 2 aromatic heterocycles. The minimum absolute atomic E-state index is 0.0793. The Morgan fingerprint density at radius 3 is 2.50 bits per heavy atom. The fourth-order valence-electron chi connectivity index (χ4n) is 3.91. The number of hydrogen-bond acceptors (Lipinski definition) is 5. The van der Waals surface area contributed by atoms with Crippen molar-refractivity contribution in [3.05, 3.63) is 84.6 Å². The smallest absolute Gasteiger partial charge is 0.276 e.